The van der Waals surface area contributed by atoms with E-state index in [1.165, 1.54) is 6.92 Å². The second-order valence-corrected chi connectivity index (χ2v) is 5.08. The van der Waals surface area contributed by atoms with Gasteiger partial charge in [-0.25, -0.2) is 0 Å². The summed E-state index contributed by atoms with van der Waals surface area (Å²) in [4.78, 5) is 11.2. The Kier molecular flexibility index (Phi) is 5.98. The minimum atomic E-state index is -0.973. The van der Waals surface area contributed by atoms with E-state index < -0.39 is 5.54 Å². The molecule has 0 saturated heterocycles. The summed E-state index contributed by atoms with van der Waals surface area (Å²) in [6.45, 7) is 2.75. The van der Waals surface area contributed by atoms with Crippen molar-refractivity contribution < 1.29 is 19.7 Å². The summed E-state index contributed by atoms with van der Waals surface area (Å²) in [7, 11) is 1.63. The third-order valence-corrected chi connectivity index (χ3v) is 3.40. The number of hydrogen-bond acceptors (Lipinski definition) is 4. The Bertz CT molecular complexity index is 455. The third-order valence-electron chi connectivity index (χ3n) is 3.40. The van der Waals surface area contributed by atoms with E-state index in [1.54, 1.807) is 7.11 Å². The monoisotopic (exact) mass is 281 g/mol. The highest BCUT2D eigenvalue weighted by molar-refractivity contribution is 5.73. The van der Waals surface area contributed by atoms with Crippen LogP contribution in [0.1, 0.15) is 24.5 Å². The van der Waals surface area contributed by atoms with Gasteiger partial charge in [0.05, 0.1) is 25.9 Å². The Morgan fingerprint density at radius 1 is 1.35 bits per heavy atom. The normalized spacial score (nSPS) is 11.2. The molecule has 0 aromatic heterocycles. The second kappa shape index (κ2) is 7.26. The van der Waals surface area contributed by atoms with Gasteiger partial charge in [0.25, 0.3) is 0 Å². The van der Waals surface area contributed by atoms with Gasteiger partial charge in [-0.05, 0) is 37.0 Å². The fraction of sp³-hybridized carbons (Fsp3) is 0.533. The molecule has 0 atom stereocenters. The zero-order valence-corrected chi connectivity index (χ0v) is 12.3. The Morgan fingerprint density at radius 3 is 2.45 bits per heavy atom. The third kappa shape index (κ3) is 4.21. The summed E-state index contributed by atoms with van der Waals surface area (Å²) in [5.74, 6) is 0.560. The van der Waals surface area contributed by atoms with Crippen molar-refractivity contribution in [2.75, 3.05) is 20.3 Å². The molecule has 0 saturated carbocycles. The lowest BCUT2D eigenvalue weighted by Gasteiger charge is -2.30. The molecule has 20 heavy (non-hydrogen) atoms. The van der Waals surface area contributed by atoms with E-state index in [0.717, 1.165) is 16.9 Å². The molecule has 0 aliphatic heterocycles. The second-order valence-electron chi connectivity index (χ2n) is 5.08. The van der Waals surface area contributed by atoms with Gasteiger partial charge in [-0.15, -0.1) is 0 Å². The molecule has 0 radical (unpaired) electrons. The van der Waals surface area contributed by atoms with Crippen molar-refractivity contribution in [1.82, 2.24) is 5.32 Å². The molecular formula is C15H23NO4. The van der Waals surface area contributed by atoms with E-state index in [0.29, 0.717) is 12.8 Å². The number of carbonyl (C=O) groups excluding carboxylic acids is 1. The lowest BCUT2D eigenvalue weighted by Crippen LogP contribution is -2.53. The number of aliphatic hydroxyl groups excluding tert-OH is 2. The van der Waals surface area contributed by atoms with Gasteiger partial charge >= 0.3 is 0 Å². The smallest absolute Gasteiger partial charge is 0.217 e. The van der Waals surface area contributed by atoms with Crippen LogP contribution in [0, 0.1) is 6.92 Å². The zero-order chi connectivity index (χ0) is 15.2. The number of ether oxygens (including phenoxy) is 1. The molecule has 0 spiro atoms. The highest BCUT2D eigenvalue weighted by Gasteiger charge is 2.29. The van der Waals surface area contributed by atoms with Crippen LogP contribution in [-0.2, 0) is 11.2 Å². The maximum atomic E-state index is 11.2. The van der Waals surface area contributed by atoms with Crippen molar-refractivity contribution in [1.29, 1.82) is 0 Å². The number of methoxy groups -OCH3 is 1. The Morgan fingerprint density at radius 2 is 2.00 bits per heavy atom. The quantitative estimate of drug-likeness (QED) is 0.690. The molecule has 1 amide bonds. The predicted molar refractivity (Wildman–Crippen MR) is 76.8 cm³/mol. The first-order chi connectivity index (χ1) is 9.46. The predicted octanol–water partition coefficient (Wildman–Crippen LogP) is 0.796. The molecule has 5 nitrogen and oxygen atoms in total. The minimum absolute atomic E-state index is 0.265. The fourth-order valence-corrected chi connectivity index (χ4v) is 2.20. The van der Waals surface area contributed by atoms with Crippen LogP contribution in [0.2, 0.25) is 0 Å². The summed E-state index contributed by atoms with van der Waals surface area (Å²) in [6.07, 6.45) is 1.11. The largest absolute Gasteiger partial charge is 0.496 e. The summed E-state index contributed by atoms with van der Waals surface area (Å²) >= 11 is 0. The highest BCUT2D eigenvalue weighted by Crippen LogP contribution is 2.21. The van der Waals surface area contributed by atoms with Gasteiger partial charge in [-0.1, -0.05) is 12.1 Å². The van der Waals surface area contributed by atoms with Crippen LogP contribution in [0.3, 0.4) is 0 Å². The van der Waals surface area contributed by atoms with Gasteiger partial charge in [0.15, 0.2) is 0 Å². The van der Waals surface area contributed by atoms with Gasteiger partial charge in [0.2, 0.25) is 5.91 Å². The molecule has 3 N–H and O–H groups in total. The van der Waals surface area contributed by atoms with E-state index in [1.807, 2.05) is 25.1 Å². The van der Waals surface area contributed by atoms with Crippen LogP contribution in [0.15, 0.2) is 18.2 Å². The Balaban J connectivity index is 2.77. The van der Waals surface area contributed by atoms with Crippen molar-refractivity contribution in [2.45, 2.75) is 32.2 Å². The summed E-state index contributed by atoms with van der Waals surface area (Å²) < 4.78 is 5.20. The number of rotatable bonds is 7. The molecule has 0 heterocycles. The number of carbonyl (C=O) groups is 1. The van der Waals surface area contributed by atoms with Gasteiger partial charge in [-0.3, -0.25) is 4.79 Å². The van der Waals surface area contributed by atoms with Gasteiger partial charge in [0, 0.05) is 6.92 Å². The van der Waals surface area contributed by atoms with E-state index in [-0.39, 0.29) is 19.1 Å². The first-order valence-corrected chi connectivity index (χ1v) is 6.60. The molecule has 112 valence electrons. The van der Waals surface area contributed by atoms with Crippen LogP contribution in [0.25, 0.3) is 0 Å². The summed E-state index contributed by atoms with van der Waals surface area (Å²) in [6, 6.07) is 5.84. The van der Waals surface area contributed by atoms with Crippen molar-refractivity contribution in [3.05, 3.63) is 29.3 Å². The van der Waals surface area contributed by atoms with Crippen molar-refractivity contribution in [3.63, 3.8) is 0 Å². The number of hydrogen-bond donors (Lipinski definition) is 3. The van der Waals surface area contributed by atoms with Crippen LogP contribution in [-0.4, -0.2) is 42.0 Å². The summed E-state index contributed by atoms with van der Waals surface area (Å²) in [5.41, 5.74) is 1.13. The minimum Gasteiger partial charge on any atom is -0.496 e. The molecule has 0 bridgehead atoms. The van der Waals surface area contributed by atoms with Gasteiger partial charge in [-0.2, -0.15) is 0 Å². The topological polar surface area (TPSA) is 78.8 Å². The van der Waals surface area contributed by atoms with E-state index in [2.05, 4.69) is 5.32 Å². The molecule has 0 unspecified atom stereocenters. The standard InChI is InChI=1S/C15H23NO4/c1-11-8-13(4-5-14(11)20-3)6-7-15(9-17,10-18)16-12(2)19/h4-5,8,17-18H,6-7,9-10H2,1-3H3,(H,16,19). The lowest BCUT2D eigenvalue weighted by atomic mass is 9.92. The van der Waals surface area contributed by atoms with Gasteiger partial charge in [0.1, 0.15) is 5.75 Å². The first-order valence-electron chi connectivity index (χ1n) is 6.60. The number of aliphatic hydroxyl groups is 2. The molecule has 0 fully saturated rings. The van der Waals surface area contributed by atoms with E-state index in [4.69, 9.17) is 4.74 Å². The zero-order valence-electron chi connectivity index (χ0n) is 12.3. The van der Waals surface area contributed by atoms with Crippen molar-refractivity contribution >= 4 is 5.91 Å². The SMILES string of the molecule is COc1ccc(CCC(CO)(CO)NC(C)=O)cc1C. The van der Waals surface area contributed by atoms with Crippen LogP contribution in [0.5, 0.6) is 5.75 Å². The van der Waals surface area contributed by atoms with Crippen molar-refractivity contribution in [2.24, 2.45) is 0 Å². The number of amides is 1. The summed E-state index contributed by atoms with van der Waals surface area (Å²) in [5, 5.41) is 21.5. The van der Waals surface area contributed by atoms with E-state index in [9.17, 15) is 15.0 Å². The first kappa shape index (κ1) is 16.5. The Labute approximate surface area is 119 Å². The number of benzene rings is 1. The van der Waals surface area contributed by atoms with Gasteiger partial charge < -0.3 is 20.3 Å². The number of nitrogens with one attached hydrogen (secondary N) is 1. The lowest BCUT2D eigenvalue weighted by molar-refractivity contribution is -0.122. The molecular weight excluding hydrogens is 258 g/mol. The average Bonchev–Trinajstić information content (AvgIpc) is 2.43. The van der Waals surface area contributed by atoms with Crippen LogP contribution < -0.4 is 10.1 Å². The fourth-order valence-electron chi connectivity index (χ4n) is 2.20. The maximum absolute atomic E-state index is 11.2. The Hall–Kier alpha value is -1.59. The molecule has 1 aromatic carbocycles. The average molecular weight is 281 g/mol. The number of aryl methyl sites for hydroxylation is 2. The highest BCUT2D eigenvalue weighted by atomic mass is 16.5. The van der Waals surface area contributed by atoms with Crippen LogP contribution >= 0.6 is 0 Å². The molecule has 5 heteroatoms. The van der Waals surface area contributed by atoms with Crippen LogP contribution in [0.4, 0.5) is 0 Å². The molecule has 0 aliphatic carbocycles. The maximum Gasteiger partial charge on any atom is 0.217 e. The molecule has 1 rings (SSSR count). The molecule has 0 aliphatic rings. The van der Waals surface area contributed by atoms with E-state index >= 15 is 0 Å². The molecule has 1 aromatic rings. The van der Waals surface area contributed by atoms with Crippen molar-refractivity contribution in [3.8, 4) is 5.75 Å².